The molecule has 0 aliphatic heterocycles. The highest BCUT2D eigenvalue weighted by atomic mass is 14.9. The van der Waals surface area contributed by atoms with Crippen LogP contribution in [0.1, 0.15) is 16.8 Å². The summed E-state index contributed by atoms with van der Waals surface area (Å²) in [5, 5.41) is 3.40. The van der Waals surface area contributed by atoms with Gasteiger partial charge in [-0.05, 0) is 25.0 Å². The molecule has 0 radical (unpaired) electrons. The molecule has 1 heterocycles. The quantitative estimate of drug-likeness (QED) is 0.801. The van der Waals surface area contributed by atoms with E-state index in [9.17, 15) is 0 Å². The molecule has 0 aliphatic carbocycles. The monoisotopic (exact) mass is 201 g/mol. The van der Waals surface area contributed by atoms with Gasteiger partial charge in [-0.25, -0.2) is 4.98 Å². The fourth-order valence-corrected chi connectivity index (χ4v) is 1.66. The molecule has 0 fully saturated rings. The molecule has 0 amide bonds. The highest BCUT2D eigenvalue weighted by Crippen LogP contribution is 2.19. The number of nitrogens with one attached hydrogen (secondary N) is 2. The van der Waals surface area contributed by atoms with Crippen LogP contribution in [0, 0.1) is 13.8 Å². The highest BCUT2D eigenvalue weighted by Gasteiger charge is 2.01. The Hall–Kier alpha value is -1.77. The van der Waals surface area contributed by atoms with E-state index < -0.39 is 0 Å². The molecule has 0 spiro atoms. The minimum absolute atomic E-state index is 0.759. The Morgan fingerprint density at radius 1 is 1.27 bits per heavy atom. The number of H-pyrrole nitrogens is 1. The molecule has 0 aliphatic rings. The predicted octanol–water partition coefficient (Wildman–Crippen LogP) is 2.64. The van der Waals surface area contributed by atoms with E-state index in [-0.39, 0.29) is 0 Å². The van der Waals surface area contributed by atoms with Crippen LogP contribution < -0.4 is 5.32 Å². The van der Waals surface area contributed by atoms with Gasteiger partial charge in [0.15, 0.2) is 0 Å². The lowest BCUT2D eigenvalue weighted by atomic mass is 10.1. The molecule has 0 unspecified atom stereocenters. The van der Waals surface area contributed by atoms with E-state index >= 15 is 0 Å². The number of benzene rings is 1. The molecule has 0 bridgehead atoms. The molecule has 2 aromatic rings. The number of aromatic amines is 1. The third-order valence-electron chi connectivity index (χ3n) is 2.48. The van der Waals surface area contributed by atoms with Gasteiger partial charge in [0.25, 0.3) is 0 Å². The van der Waals surface area contributed by atoms with Crippen molar-refractivity contribution in [3.63, 3.8) is 0 Å². The predicted molar refractivity (Wildman–Crippen MR) is 61.8 cm³/mol. The fourth-order valence-electron chi connectivity index (χ4n) is 1.66. The summed E-state index contributed by atoms with van der Waals surface area (Å²) in [4.78, 5) is 7.12. The molecule has 0 saturated carbocycles. The number of para-hydroxylation sites is 1. The Labute approximate surface area is 89.6 Å². The second kappa shape index (κ2) is 4.17. The molecule has 1 aromatic heterocycles. The van der Waals surface area contributed by atoms with Crippen LogP contribution in [0.3, 0.4) is 0 Å². The summed E-state index contributed by atoms with van der Waals surface area (Å²) in [5.41, 5.74) is 4.77. The molecular weight excluding hydrogens is 186 g/mol. The fraction of sp³-hybridized carbons (Fsp3) is 0.250. The van der Waals surface area contributed by atoms with Gasteiger partial charge in [-0.3, -0.25) is 0 Å². The van der Waals surface area contributed by atoms with Crippen molar-refractivity contribution in [2.45, 2.75) is 20.4 Å². The van der Waals surface area contributed by atoms with Crippen molar-refractivity contribution in [3.05, 3.63) is 47.5 Å². The Kier molecular flexibility index (Phi) is 2.72. The van der Waals surface area contributed by atoms with Crippen molar-refractivity contribution in [1.29, 1.82) is 0 Å². The molecule has 78 valence electrons. The van der Waals surface area contributed by atoms with E-state index in [0.717, 1.165) is 12.2 Å². The van der Waals surface area contributed by atoms with Gasteiger partial charge >= 0.3 is 0 Å². The molecule has 3 nitrogen and oxygen atoms in total. The zero-order chi connectivity index (χ0) is 10.7. The maximum Gasteiger partial charge on any atom is 0.0923 e. The molecule has 0 saturated heterocycles. The van der Waals surface area contributed by atoms with Crippen LogP contribution in [0.5, 0.6) is 0 Å². The van der Waals surface area contributed by atoms with E-state index in [2.05, 4.69) is 47.3 Å². The van der Waals surface area contributed by atoms with Gasteiger partial charge in [0, 0.05) is 11.9 Å². The van der Waals surface area contributed by atoms with Crippen molar-refractivity contribution >= 4 is 5.69 Å². The summed E-state index contributed by atoms with van der Waals surface area (Å²) in [6.07, 6.45) is 3.60. The SMILES string of the molecule is Cc1cccc(C)c1NCc1c[nH]cn1. The van der Waals surface area contributed by atoms with Gasteiger partial charge in [0.05, 0.1) is 18.6 Å². The summed E-state index contributed by atoms with van der Waals surface area (Å²) in [7, 11) is 0. The van der Waals surface area contributed by atoms with Crippen molar-refractivity contribution in [2.24, 2.45) is 0 Å². The lowest BCUT2D eigenvalue weighted by molar-refractivity contribution is 1.06. The van der Waals surface area contributed by atoms with Crippen LogP contribution in [0.25, 0.3) is 0 Å². The Balaban J connectivity index is 2.11. The number of aryl methyl sites for hydroxylation is 2. The largest absolute Gasteiger partial charge is 0.379 e. The Morgan fingerprint density at radius 2 is 2.00 bits per heavy atom. The first-order chi connectivity index (χ1) is 7.27. The number of nitrogens with zero attached hydrogens (tertiary/aromatic N) is 1. The summed E-state index contributed by atoms with van der Waals surface area (Å²) >= 11 is 0. The average Bonchev–Trinajstić information content (AvgIpc) is 2.70. The van der Waals surface area contributed by atoms with Gasteiger partial charge in [-0.15, -0.1) is 0 Å². The summed E-state index contributed by atoms with van der Waals surface area (Å²) in [6, 6.07) is 6.30. The second-order valence-corrected chi connectivity index (χ2v) is 3.68. The van der Waals surface area contributed by atoms with Crippen molar-refractivity contribution in [1.82, 2.24) is 9.97 Å². The third-order valence-corrected chi connectivity index (χ3v) is 2.48. The van der Waals surface area contributed by atoms with Crippen LogP contribution in [0.4, 0.5) is 5.69 Å². The molecule has 0 atom stereocenters. The average molecular weight is 201 g/mol. The number of aromatic nitrogens is 2. The number of imidazole rings is 1. The normalized spacial score (nSPS) is 10.3. The zero-order valence-electron chi connectivity index (χ0n) is 9.04. The lowest BCUT2D eigenvalue weighted by Gasteiger charge is -2.11. The van der Waals surface area contributed by atoms with Crippen LogP contribution in [0.2, 0.25) is 0 Å². The van der Waals surface area contributed by atoms with Gasteiger partial charge in [0.2, 0.25) is 0 Å². The van der Waals surface area contributed by atoms with Crippen molar-refractivity contribution in [3.8, 4) is 0 Å². The van der Waals surface area contributed by atoms with E-state index in [1.807, 2.05) is 6.20 Å². The van der Waals surface area contributed by atoms with Crippen molar-refractivity contribution in [2.75, 3.05) is 5.32 Å². The first-order valence-electron chi connectivity index (χ1n) is 5.05. The van der Waals surface area contributed by atoms with Crippen LogP contribution >= 0.6 is 0 Å². The van der Waals surface area contributed by atoms with Crippen molar-refractivity contribution < 1.29 is 0 Å². The third kappa shape index (κ3) is 2.18. The summed E-state index contributed by atoms with van der Waals surface area (Å²) < 4.78 is 0. The van der Waals surface area contributed by atoms with E-state index in [0.29, 0.717) is 0 Å². The van der Waals surface area contributed by atoms with Crippen LogP contribution in [0.15, 0.2) is 30.7 Å². The van der Waals surface area contributed by atoms with Gasteiger partial charge < -0.3 is 10.3 Å². The van der Waals surface area contributed by atoms with Crippen LogP contribution in [-0.2, 0) is 6.54 Å². The zero-order valence-corrected chi connectivity index (χ0v) is 9.04. The van der Waals surface area contributed by atoms with Gasteiger partial charge in [-0.2, -0.15) is 0 Å². The van der Waals surface area contributed by atoms with E-state index in [1.165, 1.54) is 16.8 Å². The first kappa shape index (κ1) is 9.77. The highest BCUT2D eigenvalue weighted by molar-refractivity contribution is 5.56. The summed E-state index contributed by atoms with van der Waals surface area (Å²) in [5.74, 6) is 0. The Morgan fingerprint density at radius 3 is 2.60 bits per heavy atom. The summed E-state index contributed by atoms with van der Waals surface area (Å²) in [6.45, 7) is 4.98. The molecule has 1 aromatic carbocycles. The number of anilines is 1. The molecule has 2 N–H and O–H groups in total. The molecule has 2 rings (SSSR count). The first-order valence-corrected chi connectivity index (χ1v) is 5.05. The minimum Gasteiger partial charge on any atom is -0.379 e. The van der Waals surface area contributed by atoms with E-state index in [1.54, 1.807) is 6.33 Å². The smallest absolute Gasteiger partial charge is 0.0923 e. The van der Waals surface area contributed by atoms with Gasteiger partial charge in [-0.1, -0.05) is 18.2 Å². The lowest BCUT2D eigenvalue weighted by Crippen LogP contribution is -2.02. The minimum atomic E-state index is 0.759. The maximum absolute atomic E-state index is 4.17. The molecule has 3 heteroatoms. The standard InChI is InChI=1S/C12H15N3/c1-9-4-3-5-10(2)12(9)14-7-11-6-13-8-15-11/h3-6,8,14H,7H2,1-2H3,(H,13,15). The molecule has 15 heavy (non-hydrogen) atoms. The maximum atomic E-state index is 4.17. The van der Waals surface area contributed by atoms with E-state index in [4.69, 9.17) is 0 Å². The topological polar surface area (TPSA) is 40.7 Å². The Bertz CT molecular complexity index is 412. The second-order valence-electron chi connectivity index (χ2n) is 3.68. The number of hydrogen-bond acceptors (Lipinski definition) is 2. The van der Waals surface area contributed by atoms with Gasteiger partial charge in [0.1, 0.15) is 0 Å². The number of hydrogen-bond donors (Lipinski definition) is 2. The van der Waals surface area contributed by atoms with Crippen LogP contribution in [-0.4, -0.2) is 9.97 Å². The number of rotatable bonds is 3. The molecular formula is C12H15N3.